The number of amides is 1. The third-order valence-corrected chi connectivity index (χ3v) is 2.51. The highest BCUT2D eigenvalue weighted by atomic mass is 19.3. The number of nitrogens with zero attached hydrogens (tertiary/aromatic N) is 3. The monoisotopic (exact) mass is 246 g/mol. The van der Waals surface area contributed by atoms with E-state index in [0.717, 1.165) is 4.90 Å². The van der Waals surface area contributed by atoms with Gasteiger partial charge in [0.1, 0.15) is 0 Å². The van der Waals surface area contributed by atoms with Crippen molar-refractivity contribution in [2.24, 2.45) is 12.8 Å². The van der Waals surface area contributed by atoms with Gasteiger partial charge >= 0.3 is 0 Å². The second-order valence-electron chi connectivity index (χ2n) is 3.70. The summed E-state index contributed by atoms with van der Waals surface area (Å²) in [5, 5.41) is 3.91. The molecule has 1 aromatic heterocycles. The van der Waals surface area contributed by atoms with Crippen LogP contribution in [-0.4, -0.2) is 46.6 Å². The number of alkyl halides is 2. The van der Waals surface area contributed by atoms with Crippen LogP contribution >= 0.6 is 0 Å². The fourth-order valence-corrected chi connectivity index (χ4v) is 1.48. The quantitative estimate of drug-likeness (QED) is 0.817. The van der Waals surface area contributed by atoms with Crippen LogP contribution in [0.25, 0.3) is 0 Å². The van der Waals surface area contributed by atoms with Gasteiger partial charge in [-0.25, -0.2) is 8.78 Å². The number of hydrogen-bond acceptors (Lipinski definition) is 3. The van der Waals surface area contributed by atoms with E-state index < -0.39 is 18.9 Å². The zero-order valence-electron chi connectivity index (χ0n) is 9.86. The Labute approximate surface area is 98.2 Å². The van der Waals surface area contributed by atoms with Gasteiger partial charge in [-0.1, -0.05) is 0 Å². The van der Waals surface area contributed by atoms with E-state index in [4.69, 9.17) is 5.73 Å². The van der Waals surface area contributed by atoms with Crippen LogP contribution < -0.4 is 5.73 Å². The highest BCUT2D eigenvalue weighted by Crippen LogP contribution is 2.10. The first-order valence-corrected chi connectivity index (χ1v) is 5.23. The molecule has 0 unspecified atom stereocenters. The number of halogens is 2. The van der Waals surface area contributed by atoms with Crippen LogP contribution in [0.2, 0.25) is 0 Å². The van der Waals surface area contributed by atoms with Crippen molar-refractivity contribution in [1.82, 2.24) is 14.7 Å². The van der Waals surface area contributed by atoms with Crippen molar-refractivity contribution in [1.29, 1.82) is 0 Å². The second kappa shape index (κ2) is 5.72. The Morgan fingerprint density at radius 3 is 2.71 bits per heavy atom. The zero-order valence-corrected chi connectivity index (χ0v) is 9.86. The third kappa shape index (κ3) is 3.23. The standard InChI is InChI=1S/C10H16F2N4O/c1-7-8(5-14-15(7)2)10(17)16(4-3-13)6-9(11)12/h5,9H,3-4,6,13H2,1-2H3. The molecule has 0 saturated heterocycles. The molecule has 1 amide bonds. The fraction of sp³-hybridized carbons (Fsp3) is 0.600. The van der Waals surface area contributed by atoms with Gasteiger partial charge in [-0.05, 0) is 6.92 Å². The third-order valence-electron chi connectivity index (χ3n) is 2.51. The molecule has 0 aliphatic heterocycles. The number of aryl methyl sites for hydroxylation is 1. The molecule has 2 N–H and O–H groups in total. The Morgan fingerprint density at radius 2 is 2.29 bits per heavy atom. The van der Waals surface area contributed by atoms with Crippen molar-refractivity contribution in [2.75, 3.05) is 19.6 Å². The minimum Gasteiger partial charge on any atom is -0.332 e. The number of rotatable bonds is 5. The lowest BCUT2D eigenvalue weighted by molar-refractivity contribution is 0.0562. The van der Waals surface area contributed by atoms with Crippen LogP contribution in [0.5, 0.6) is 0 Å². The van der Waals surface area contributed by atoms with Gasteiger partial charge in [-0.3, -0.25) is 9.48 Å². The Bertz CT molecular complexity index is 392. The summed E-state index contributed by atoms with van der Waals surface area (Å²) in [6.07, 6.45) is -1.19. The van der Waals surface area contributed by atoms with Crippen molar-refractivity contribution in [2.45, 2.75) is 13.3 Å². The number of nitrogens with two attached hydrogens (primary N) is 1. The Kier molecular flexibility index (Phi) is 4.56. The van der Waals surface area contributed by atoms with Crippen LogP contribution in [0, 0.1) is 6.92 Å². The predicted molar refractivity (Wildman–Crippen MR) is 58.9 cm³/mol. The predicted octanol–water partition coefficient (Wildman–Crippen LogP) is 0.395. The van der Waals surface area contributed by atoms with E-state index >= 15 is 0 Å². The topological polar surface area (TPSA) is 64.2 Å². The number of aromatic nitrogens is 2. The van der Waals surface area contributed by atoms with E-state index in [1.807, 2.05) is 0 Å². The summed E-state index contributed by atoms with van der Waals surface area (Å²) in [7, 11) is 1.69. The lowest BCUT2D eigenvalue weighted by Gasteiger charge is -2.21. The normalized spacial score (nSPS) is 10.9. The van der Waals surface area contributed by atoms with Crippen molar-refractivity contribution < 1.29 is 13.6 Å². The summed E-state index contributed by atoms with van der Waals surface area (Å²) >= 11 is 0. The van der Waals surface area contributed by atoms with Crippen molar-refractivity contribution >= 4 is 5.91 Å². The first-order chi connectivity index (χ1) is 7.97. The van der Waals surface area contributed by atoms with E-state index in [-0.39, 0.29) is 13.1 Å². The number of carbonyl (C=O) groups excluding carboxylic acids is 1. The summed E-state index contributed by atoms with van der Waals surface area (Å²) in [4.78, 5) is 13.0. The molecule has 0 aliphatic rings. The molecule has 0 bridgehead atoms. The van der Waals surface area contributed by atoms with Crippen molar-refractivity contribution in [3.8, 4) is 0 Å². The molecular formula is C10H16F2N4O. The van der Waals surface area contributed by atoms with Gasteiger partial charge in [0.2, 0.25) is 0 Å². The second-order valence-corrected chi connectivity index (χ2v) is 3.70. The van der Waals surface area contributed by atoms with Gasteiger partial charge < -0.3 is 10.6 Å². The molecule has 96 valence electrons. The van der Waals surface area contributed by atoms with Crippen molar-refractivity contribution in [3.63, 3.8) is 0 Å². The van der Waals surface area contributed by atoms with Crippen LogP contribution in [0.1, 0.15) is 16.1 Å². The number of hydrogen-bond donors (Lipinski definition) is 1. The molecule has 0 saturated carbocycles. The molecule has 1 heterocycles. The number of carbonyl (C=O) groups is 1. The molecule has 0 radical (unpaired) electrons. The Morgan fingerprint density at radius 1 is 1.65 bits per heavy atom. The average molecular weight is 246 g/mol. The largest absolute Gasteiger partial charge is 0.332 e. The fourth-order valence-electron chi connectivity index (χ4n) is 1.48. The molecule has 0 spiro atoms. The lowest BCUT2D eigenvalue weighted by Crippen LogP contribution is -2.38. The molecular weight excluding hydrogens is 230 g/mol. The molecule has 0 fully saturated rings. The van der Waals surface area contributed by atoms with Gasteiger partial charge in [-0.15, -0.1) is 0 Å². The van der Waals surface area contributed by atoms with Crippen LogP contribution in [0.4, 0.5) is 8.78 Å². The molecule has 0 atom stereocenters. The average Bonchev–Trinajstić information content (AvgIpc) is 2.58. The molecule has 1 aromatic rings. The van der Waals surface area contributed by atoms with E-state index in [0.29, 0.717) is 11.3 Å². The van der Waals surface area contributed by atoms with E-state index in [9.17, 15) is 13.6 Å². The van der Waals surface area contributed by atoms with E-state index in [1.54, 1.807) is 14.0 Å². The van der Waals surface area contributed by atoms with Crippen LogP contribution in [0.3, 0.4) is 0 Å². The molecule has 0 aromatic carbocycles. The van der Waals surface area contributed by atoms with Crippen molar-refractivity contribution in [3.05, 3.63) is 17.5 Å². The van der Waals surface area contributed by atoms with Gasteiger partial charge in [0.05, 0.1) is 18.3 Å². The molecule has 0 aliphatic carbocycles. The maximum atomic E-state index is 12.3. The smallest absolute Gasteiger partial charge is 0.257 e. The first-order valence-electron chi connectivity index (χ1n) is 5.23. The summed E-state index contributed by atoms with van der Waals surface area (Å²) in [5.41, 5.74) is 6.28. The van der Waals surface area contributed by atoms with Crippen LogP contribution in [0.15, 0.2) is 6.20 Å². The van der Waals surface area contributed by atoms with E-state index in [1.165, 1.54) is 10.9 Å². The summed E-state index contributed by atoms with van der Waals surface area (Å²) in [6, 6.07) is 0. The first kappa shape index (κ1) is 13.6. The Hall–Kier alpha value is -1.50. The molecule has 17 heavy (non-hydrogen) atoms. The zero-order chi connectivity index (χ0) is 13.0. The minimum atomic E-state index is -2.57. The Balaban J connectivity index is 2.87. The SMILES string of the molecule is Cc1c(C(=O)N(CCN)CC(F)F)cnn1C. The highest BCUT2D eigenvalue weighted by molar-refractivity contribution is 5.95. The lowest BCUT2D eigenvalue weighted by atomic mass is 10.2. The van der Waals surface area contributed by atoms with Gasteiger partial charge in [0, 0.05) is 25.8 Å². The van der Waals surface area contributed by atoms with Crippen LogP contribution in [-0.2, 0) is 7.05 Å². The molecule has 1 rings (SSSR count). The summed E-state index contributed by atoms with van der Waals surface area (Å²) in [5.74, 6) is -0.457. The minimum absolute atomic E-state index is 0.109. The molecule has 5 nitrogen and oxygen atoms in total. The van der Waals surface area contributed by atoms with Gasteiger partial charge in [0.25, 0.3) is 12.3 Å². The van der Waals surface area contributed by atoms with E-state index in [2.05, 4.69) is 5.10 Å². The van der Waals surface area contributed by atoms with Gasteiger partial charge in [-0.2, -0.15) is 5.10 Å². The summed E-state index contributed by atoms with van der Waals surface area (Å²) in [6.45, 7) is 1.36. The maximum absolute atomic E-state index is 12.3. The van der Waals surface area contributed by atoms with Gasteiger partial charge in [0.15, 0.2) is 0 Å². The maximum Gasteiger partial charge on any atom is 0.257 e. The molecule has 7 heteroatoms. The highest BCUT2D eigenvalue weighted by Gasteiger charge is 2.22. The summed E-state index contributed by atoms with van der Waals surface area (Å²) < 4.78 is 26.2.